The third-order valence-electron chi connectivity index (χ3n) is 1.75. The van der Waals surface area contributed by atoms with Crippen molar-refractivity contribution in [1.29, 1.82) is 0 Å². The maximum atomic E-state index is 11.8. The molecule has 0 radical (unpaired) electrons. The van der Waals surface area contributed by atoms with Crippen molar-refractivity contribution < 1.29 is 23.0 Å². The first-order valence-corrected chi connectivity index (χ1v) is 5.97. The lowest BCUT2D eigenvalue weighted by Gasteiger charge is -2.29. The number of aromatic nitrogens is 1. The van der Waals surface area contributed by atoms with Crippen LogP contribution in [0.3, 0.4) is 0 Å². The van der Waals surface area contributed by atoms with Gasteiger partial charge in [0.1, 0.15) is 6.10 Å². The predicted molar refractivity (Wildman–Crippen MR) is 62.1 cm³/mol. The lowest BCUT2D eigenvalue weighted by atomic mass is 10.1. The summed E-state index contributed by atoms with van der Waals surface area (Å²) in [6.45, 7) is 0. The molecule has 0 fully saturated rings. The Morgan fingerprint density at radius 2 is 2.11 bits per heavy atom. The summed E-state index contributed by atoms with van der Waals surface area (Å²) in [4.78, 5) is 3.74. The number of nitrogens with zero attached hydrogens (tertiary/aromatic N) is 1. The number of aliphatic hydroxyl groups excluding tert-OH is 1. The lowest BCUT2D eigenvalue weighted by molar-refractivity contribution is -0.351. The summed E-state index contributed by atoms with van der Waals surface area (Å²) in [5, 5.41) is 8.78. The van der Waals surface area contributed by atoms with Gasteiger partial charge in [0, 0.05) is 11.6 Å². The smallest absolute Gasteiger partial charge is 0.384 e. The van der Waals surface area contributed by atoms with Crippen LogP contribution in [0.15, 0.2) is 41.4 Å². The van der Waals surface area contributed by atoms with Crippen LogP contribution in [0.1, 0.15) is 0 Å². The molecule has 0 saturated carbocycles. The number of aliphatic hydroxyl groups is 1. The first-order chi connectivity index (χ1) is 8.33. The Bertz CT molecular complexity index is 391. The Morgan fingerprint density at radius 3 is 2.50 bits per heavy atom. The normalized spacial score (nSPS) is 26.6. The lowest BCUT2D eigenvalue weighted by Crippen LogP contribution is -2.41. The van der Waals surface area contributed by atoms with E-state index in [4.69, 9.17) is 16.7 Å². The summed E-state index contributed by atoms with van der Waals surface area (Å²) in [7, 11) is 0. The van der Waals surface area contributed by atoms with Crippen LogP contribution in [0.5, 0.6) is 0 Å². The van der Waals surface area contributed by atoms with Crippen molar-refractivity contribution in [1.82, 2.24) is 4.98 Å². The molecule has 18 heavy (non-hydrogen) atoms. The van der Waals surface area contributed by atoms with E-state index in [1.807, 2.05) is 5.38 Å². The van der Waals surface area contributed by atoms with Crippen LogP contribution in [0.25, 0.3) is 0 Å². The van der Waals surface area contributed by atoms with Crippen LogP contribution in [0.4, 0.5) is 13.2 Å². The van der Waals surface area contributed by atoms with Gasteiger partial charge in [0.2, 0.25) is 0 Å². The van der Waals surface area contributed by atoms with Gasteiger partial charge < -0.3 is 5.11 Å². The van der Waals surface area contributed by atoms with Crippen molar-refractivity contribution in [2.45, 2.75) is 17.5 Å². The number of alkyl halides is 4. The number of hydrogen-bond donors (Lipinski definition) is 1. The van der Waals surface area contributed by atoms with Crippen LogP contribution in [-0.4, -0.2) is 27.6 Å². The standard InChI is InChI=1S/C7H6ClF3O2.C3H3NS/c8-6(13-7(9,10)11)4-2-1-3-5(6)12;1-2-5-3-4-1/h1-5,12H;1-3H. The molecule has 1 aromatic heterocycles. The predicted octanol–water partition coefficient (Wildman–Crippen LogP) is 3.09. The average molecular weight is 300 g/mol. The largest absolute Gasteiger partial charge is 0.524 e. The molecule has 0 amide bonds. The molecule has 2 atom stereocenters. The van der Waals surface area contributed by atoms with Crippen molar-refractivity contribution in [2.75, 3.05) is 0 Å². The molecule has 2 rings (SSSR count). The molecule has 1 N–H and O–H groups in total. The molecule has 3 nitrogen and oxygen atoms in total. The third-order valence-corrected chi connectivity index (χ3v) is 2.70. The molecule has 1 heterocycles. The quantitative estimate of drug-likeness (QED) is 0.810. The molecule has 0 spiro atoms. The number of halogens is 4. The molecule has 1 aliphatic rings. The number of allylic oxidation sites excluding steroid dienone is 2. The van der Waals surface area contributed by atoms with Crippen molar-refractivity contribution >= 4 is 22.9 Å². The van der Waals surface area contributed by atoms with Crippen molar-refractivity contribution in [2.24, 2.45) is 0 Å². The number of rotatable bonds is 1. The summed E-state index contributed by atoms with van der Waals surface area (Å²) in [6.07, 6.45) is 0.0750. The number of hydrogen-bond acceptors (Lipinski definition) is 4. The second-order valence-electron chi connectivity index (χ2n) is 3.11. The van der Waals surface area contributed by atoms with E-state index in [1.54, 1.807) is 23.0 Å². The van der Waals surface area contributed by atoms with E-state index in [0.29, 0.717) is 0 Å². The highest BCUT2D eigenvalue weighted by molar-refractivity contribution is 7.07. The molecular weight excluding hydrogens is 291 g/mol. The molecule has 1 aliphatic carbocycles. The third kappa shape index (κ3) is 5.18. The minimum Gasteiger partial charge on any atom is -0.384 e. The maximum absolute atomic E-state index is 11.8. The van der Waals surface area contributed by atoms with E-state index in [0.717, 1.165) is 12.2 Å². The van der Waals surface area contributed by atoms with Gasteiger partial charge in [-0.1, -0.05) is 29.8 Å². The summed E-state index contributed by atoms with van der Waals surface area (Å²) in [5.74, 6) is 0. The maximum Gasteiger partial charge on any atom is 0.524 e. The molecule has 0 aromatic carbocycles. The van der Waals surface area contributed by atoms with Gasteiger partial charge >= 0.3 is 6.36 Å². The highest BCUT2D eigenvalue weighted by Gasteiger charge is 2.45. The Morgan fingerprint density at radius 1 is 1.39 bits per heavy atom. The van der Waals surface area contributed by atoms with Crippen LogP contribution < -0.4 is 0 Å². The molecular formula is C10H9ClF3NO2S. The molecule has 100 valence electrons. The first-order valence-electron chi connectivity index (χ1n) is 4.65. The molecule has 0 bridgehead atoms. The van der Waals surface area contributed by atoms with Gasteiger partial charge in [0.05, 0.1) is 5.51 Å². The number of ether oxygens (including phenoxy) is 1. The van der Waals surface area contributed by atoms with Gasteiger partial charge in [0.25, 0.3) is 0 Å². The number of thiazole rings is 1. The second-order valence-corrected chi connectivity index (χ2v) is 4.46. The van der Waals surface area contributed by atoms with Gasteiger partial charge in [-0.3, -0.25) is 9.72 Å². The minimum absolute atomic E-state index is 0.937. The minimum atomic E-state index is -4.88. The Hall–Kier alpha value is -0.890. The van der Waals surface area contributed by atoms with Gasteiger partial charge in [-0.2, -0.15) is 0 Å². The van der Waals surface area contributed by atoms with Gasteiger partial charge in [0.15, 0.2) is 5.06 Å². The summed E-state index contributed by atoms with van der Waals surface area (Å²) in [5.41, 5.74) is 1.79. The summed E-state index contributed by atoms with van der Waals surface area (Å²) >= 11 is 6.98. The van der Waals surface area contributed by atoms with Crippen molar-refractivity contribution in [3.63, 3.8) is 0 Å². The topological polar surface area (TPSA) is 42.4 Å². The van der Waals surface area contributed by atoms with Crippen LogP contribution in [0.2, 0.25) is 0 Å². The van der Waals surface area contributed by atoms with E-state index in [2.05, 4.69) is 9.72 Å². The average Bonchev–Trinajstić information content (AvgIpc) is 2.78. The summed E-state index contributed by atoms with van der Waals surface area (Å²) in [6, 6.07) is 0. The van der Waals surface area contributed by atoms with Crippen molar-refractivity contribution in [3.8, 4) is 0 Å². The molecule has 0 aliphatic heterocycles. The molecule has 8 heteroatoms. The van der Waals surface area contributed by atoms with E-state index in [1.165, 1.54) is 12.2 Å². The monoisotopic (exact) mass is 299 g/mol. The highest BCUT2D eigenvalue weighted by Crippen LogP contribution is 2.34. The Kier molecular flexibility index (Phi) is 5.33. The zero-order valence-electron chi connectivity index (χ0n) is 8.84. The summed E-state index contributed by atoms with van der Waals surface area (Å²) < 4.78 is 38.9. The van der Waals surface area contributed by atoms with Crippen LogP contribution in [0, 0.1) is 0 Å². The fourth-order valence-electron chi connectivity index (χ4n) is 1.03. The molecule has 2 unspecified atom stereocenters. The first kappa shape index (κ1) is 15.2. The van der Waals surface area contributed by atoms with E-state index < -0.39 is 17.5 Å². The van der Waals surface area contributed by atoms with Crippen molar-refractivity contribution in [3.05, 3.63) is 41.4 Å². The van der Waals surface area contributed by atoms with Gasteiger partial charge in [-0.25, -0.2) is 0 Å². The fourth-order valence-corrected chi connectivity index (χ4v) is 1.62. The zero-order valence-corrected chi connectivity index (χ0v) is 10.4. The van der Waals surface area contributed by atoms with Crippen LogP contribution >= 0.6 is 22.9 Å². The fraction of sp³-hybridized carbons (Fsp3) is 0.300. The van der Waals surface area contributed by atoms with Crippen LogP contribution in [-0.2, 0) is 4.74 Å². The van der Waals surface area contributed by atoms with Gasteiger partial charge in [-0.15, -0.1) is 24.5 Å². The molecule has 1 aromatic rings. The van der Waals surface area contributed by atoms with E-state index in [9.17, 15) is 13.2 Å². The zero-order chi connectivity index (χ0) is 13.6. The highest BCUT2D eigenvalue weighted by atomic mass is 35.5. The second kappa shape index (κ2) is 6.33. The molecule has 0 saturated heterocycles. The SMILES string of the molecule is OC1C=CC=CC1(Cl)OC(F)(F)F.c1cscn1. The Labute approximate surface area is 110 Å². The Balaban J connectivity index is 0.000000269. The van der Waals surface area contributed by atoms with Gasteiger partial charge in [-0.05, 0) is 6.08 Å². The van der Waals surface area contributed by atoms with E-state index in [-0.39, 0.29) is 0 Å². The van der Waals surface area contributed by atoms with E-state index >= 15 is 0 Å².